The Kier molecular flexibility index (Phi) is 7.51. The molecule has 0 saturated carbocycles. The van der Waals surface area contributed by atoms with Crippen LogP contribution < -0.4 is 15.0 Å². The third kappa shape index (κ3) is 5.71. The maximum atomic E-state index is 13.7. The van der Waals surface area contributed by atoms with Crippen molar-refractivity contribution in [1.82, 2.24) is 5.32 Å². The van der Waals surface area contributed by atoms with Crippen molar-refractivity contribution in [3.63, 3.8) is 0 Å². The van der Waals surface area contributed by atoms with E-state index < -0.39 is 21.8 Å². The Morgan fingerprint density at radius 2 is 1.66 bits per heavy atom. The van der Waals surface area contributed by atoms with Crippen molar-refractivity contribution in [3.8, 4) is 5.75 Å². The molecular formula is C27H28N2O5S. The zero-order chi connectivity index (χ0) is 24.8. The molecule has 0 aromatic heterocycles. The van der Waals surface area contributed by atoms with Gasteiger partial charge in [-0.3, -0.25) is 9.59 Å². The number of ether oxygens (including phenoxy) is 1. The van der Waals surface area contributed by atoms with Gasteiger partial charge in [0.1, 0.15) is 11.8 Å². The predicted molar refractivity (Wildman–Crippen MR) is 134 cm³/mol. The maximum Gasteiger partial charge on any atom is 0.254 e. The molecule has 3 aromatic carbocycles. The maximum absolute atomic E-state index is 13.7. The second-order valence-corrected chi connectivity index (χ2v) is 10.5. The molecule has 0 radical (unpaired) electrons. The van der Waals surface area contributed by atoms with Gasteiger partial charge in [-0.15, -0.1) is 0 Å². The first-order valence-corrected chi connectivity index (χ1v) is 13.1. The Balaban J connectivity index is 1.50. The summed E-state index contributed by atoms with van der Waals surface area (Å²) in [6, 6.07) is 21.9. The van der Waals surface area contributed by atoms with E-state index in [4.69, 9.17) is 4.74 Å². The average molecular weight is 493 g/mol. The van der Waals surface area contributed by atoms with Gasteiger partial charge in [0.2, 0.25) is 5.91 Å². The lowest BCUT2D eigenvalue weighted by atomic mass is 9.99. The molecule has 1 heterocycles. The van der Waals surface area contributed by atoms with Gasteiger partial charge in [-0.1, -0.05) is 48.5 Å². The quantitative estimate of drug-likeness (QED) is 0.518. The number of fused-ring (bicyclic) bond motifs is 1. The first-order chi connectivity index (χ1) is 16.9. The Morgan fingerprint density at radius 3 is 2.37 bits per heavy atom. The van der Waals surface area contributed by atoms with Crippen molar-refractivity contribution < 1.29 is 22.7 Å². The van der Waals surface area contributed by atoms with Crippen LogP contribution in [0.3, 0.4) is 0 Å². The fraction of sp³-hybridized carbons (Fsp3) is 0.259. The SMILES string of the molecule is COc1ccc(S(=O)(=O)CCC(=O)N[C@H](C(=O)N2CCCc3ccccc32)c2ccccc2)cc1. The van der Waals surface area contributed by atoms with Crippen LogP contribution in [0.25, 0.3) is 0 Å². The number of amides is 2. The van der Waals surface area contributed by atoms with E-state index in [0.717, 1.165) is 24.1 Å². The molecule has 2 amide bonds. The number of benzene rings is 3. The lowest BCUT2D eigenvalue weighted by molar-refractivity contribution is -0.127. The van der Waals surface area contributed by atoms with Crippen molar-refractivity contribution >= 4 is 27.3 Å². The fourth-order valence-electron chi connectivity index (χ4n) is 4.21. The topological polar surface area (TPSA) is 92.8 Å². The number of hydrogen-bond donors (Lipinski definition) is 1. The molecule has 1 N–H and O–H groups in total. The fourth-order valence-corrected chi connectivity index (χ4v) is 5.45. The number of sulfone groups is 1. The van der Waals surface area contributed by atoms with Crippen LogP contribution in [-0.2, 0) is 25.8 Å². The van der Waals surface area contributed by atoms with Crippen molar-refractivity contribution in [2.24, 2.45) is 0 Å². The summed E-state index contributed by atoms with van der Waals surface area (Å²) in [4.78, 5) is 28.4. The number of nitrogens with one attached hydrogen (secondary N) is 1. The molecule has 1 aliphatic heterocycles. The van der Waals surface area contributed by atoms with E-state index in [0.29, 0.717) is 17.9 Å². The highest BCUT2D eigenvalue weighted by atomic mass is 32.2. The molecule has 3 aromatic rings. The van der Waals surface area contributed by atoms with Gasteiger partial charge in [-0.2, -0.15) is 0 Å². The number of hydrogen-bond acceptors (Lipinski definition) is 5. The minimum atomic E-state index is -3.67. The number of para-hydroxylation sites is 1. The highest BCUT2D eigenvalue weighted by molar-refractivity contribution is 7.91. The first kappa shape index (κ1) is 24.5. The number of carbonyl (C=O) groups is 2. The number of aryl methyl sites for hydroxylation is 1. The lowest BCUT2D eigenvalue weighted by Crippen LogP contribution is -2.45. The van der Waals surface area contributed by atoms with Crippen molar-refractivity contribution in [2.75, 3.05) is 24.3 Å². The monoisotopic (exact) mass is 492 g/mol. The van der Waals surface area contributed by atoms with Crippen LogP contribution in [0.1, 0.15) is 30.0 Å². The van der Waals surface area contributed by atoms with E-state index in [2.05, 4.69) is 5.32 Å². The zero-order valence-corrected chi connectivity index (χ0v) is 20.3. The first-order valence-electron chi connectivity index (χ1n) is 11.5. The Bertz CT molecular complexity index is 1290. The molecule has 8 heteroatoms. The molecule has 0 fully saturated rings. The molecule has 0 bridgehead atoms. The molecule has 0 unspecified atom stereocenters. The van der Waals surface area contributed by atoms with E-state index >= 15 is 0 Å². The van der Waals surface area contributed by atoms with Crippen LogP contribution in [-0.4, -0.2) is 39.6 Å². The number of rotatable bonds is 8. The second kappa shape index (κ2) is 10.7. The smallest absolute Gasteiger partial charge is 0.254 e. The van der Waals surface area contributed by atoms with Gasteiger partial charge in [0, 0.05) is 18.7 Å². The average Bonchev–Trinajstić information content (AvgIpc) is 2.90. The van der Waals surface area contributed by atoms with Crippen molar-refractivity contribution in [1.29, 1.82) is 0 Å². The standard InChI is InChI=1S/C27H28N2O5S/c1-34-22-13-15-23(16-14-22)35(32,33)19-17-25(30)28-26(21-9-3-2-4-10-21)27(31)29-18-7-11-20-8-5-6-12-24(20)29/h2-6,8-10,12-16,26H,7,11,17-19H2,1H3,(H,28,30)/t26-/m0/s1. The Hall–Kier alpha value is -3.65. The molecular weight excluding hydrogens is 464 g/mol. The van der Waals surface area contributed by atoms with E-state index in [1.54, 1.807) is 41.3 Å². The third-order valence-corrected chi connectivity index (χ3v) is 7.81. The molecule has 7 nitrogen and oxygen atoms in total. The lowest BCUT2D eigenvalue weighted by Gasteiger charge is -2.32. The highest BCUT2D eigenvalue weighted by Gasteiger charge is 2.31. The Labute approximate surface area is 205 Å². The number of carbonyl (C=O) groups excluding carboxylic acids is 2. The number of nitrogens with zero attached hydrogens (tertiary/aromatic N) is 1. The minimum absolute atomic E-state index is 0.117. The van der Waals surface area contributed by atoms with Crippen LogP contribution in [0, 0.1) is 0 Å². The summed E-state index contributed by atoms with van der Waals surface area (Å²) in [5.74, 6) is -0.567. The number of anilines is 1. The van der Waals surface area contributed by atoms with Gasteiger partial charge < -0.3 is 15.0 Å². The molecule has 182 valence electrons. The number of methoxy groups -OCH3 is 1. The second-order valence-electron chi connectivity index (χ2n) is 8.38. The van der Waals surface area contributed by atoms with Gasteiger partial charge >= 0.3 is 0 Å². The molecule has 0 saturated heterocycles. The van der Waals surface area contributed by atoms with Gasteiger partial charge in [0.25, 0.3) is 5.91 Å². The predicted octanol–water partition coefficient (Wildman–Crippen LogP) is 3.70. The summed E-state index contributed by atoms with van der Waals surface area (Å²) in [7, 11) is -2.17. The van der Waals surface area contributed by atoms with E-state index in [-0.39, 0.29) is 23.0 Å². The van der Waals surface area contributed by atoms with Gasteiger partial charge in [0.05, 0.1) is 17.8 Å². The van der Waals surface area contributed by atoms with E-state index in [1.807, 2.05) is 30.3 Å². The van der Waals surface area contributed by atoms with Crippen molar-refractivity contribution in [3.05, 3.63) is 90.0 Å². The third-order valence-electron chi connectivity index (χ3n) is 6.08. The van der Waals surface area contributed by atoms with Gasteiger partial charge in [0.15, 0.2) is 9.84 Å². The zero-order valence-electron chi connectivity index (χ0n) is 19.5. The highest BCUT2D eigenvalue weighted by Crippen LogP contribution is 2.29. The van der Waals surface area contributed by atoms with Crippen LogP contribution in [0.4, 0.5) is 5.69 Å². The van der Waals surface area contributed by atoms with E-state index in [9.17, 15) is 18.0 Å². The minimum Gasteiger partial charge on any atom is -0.497 e. The van der Waals surface area contributed by atoms with E-state index in [1.165, 1.54) is 19.2 Å². The molecule has 0 spiro atoms. The normalized spacial score (nSPS) is 14.0. The summed E-state index contributed by atoms with van der Waals surface area (Å²) in [5, 5.41) is 2.79. The van der Waals surface area contributed by atoms with Gasteiger partial charge in [-0.25, -0.2) is 8.42 Å². The van der Waals surface area contributed by atoms with Crippen molar-refractivity contribution in [2.45, 2.75) is 30.2 Å². The summed E-state index contributed by atoms with van der Waals surface area (Å²) in [5.41, 5.74) is 2.59. The van der Waals surface area contributed by atoms with Crippen LogP contribution in [0.2, 0.25) is 0 Å². The summed E-state index contributed by atoms with van der Waals surface area (Å²) < 4.78 is 30.5. The largest absolute Gasteiger partial charge is 0.497 e. The summed E-state index contributed by atoms with van der Waals surface area (Å²) in [6.45, 7) is 0.556. The van der Waals surface area contributed by atoms with Gasteiger partial charge in [-0.05, 0) is 54.3 Å². The van der Waals surface area contributed by atoms with Crippen LogP contribution >= 0.6 is 0 Å². The molecule has 1 atom stereocenters. The summed E-state index contributed by atoms with van der Waals surface area (Å²) >= 11 is 0. The molecule has 4 rings (SSSR count). The summed E-state index contributed by atoms with van der Waals surface area (Å²) in [6.07, 6.45) is 1.46. The molecule has 1 aliphatic rings. The van der Waals surface area contributed by atoms with Crippen LogP contribution in [0.5, 0.6) is 5.75 Å². The van der Waals surface area contributed by atoms with Crippen LogP contribution in [0.15, 0.2) is 83.8 Å². The molecule has 35 heavy (non-hydrogen) atoms. The molecule has 0 aliphatic carbocycles. The Morgan fingerprint density at radius 1 is 0.971 bits per heavy atom.